The molecule has 0 saturated carbocycles. The highest BCUT2D eigenvalue weighted by Crippen LogP contribution is 2.22. The van der Waals surface area contributed by atoms with Crippen molar-refractivity contribution in [2.45, 2.75) is 52.7 Å². The predicted molar refractivity (Wildman–Crippen MR) is 161 cm³/mol. The maximum atomic E-state index is 12.9. The molecule has 1 N–H and O–H groups in total. The van der Waals surface area contributed by atoms with Gasteiger partial charge < -0.3 is 34.4 Å². The van der Waals surface area contributed by atoms with E-state index >= 15 is 0 Å². The van der Waals surface area contributed by atoms with Gasteiger partial charge in [-0.1, -0.05) is 0 Å². The molecule has 0 radical (unpaired) electrons. The molecule has 0 atom stereocenters. The van der Waals surface area contributed by atoms with Gasteiger partial charge in [-0.05, 0) is 90.1 Å². The van der Waals surface area contributed by atoms with Gasteiger partial charge in [-0.25, -0.2) is 9.59 Å². The summed E-state index contributed by atoms with van der Waals surface area (Å²) in [4.78, 5) is 45.4. The van der Waals surface area contributed by atoms with Gasteiger partial charge in [-0.3, -0.25) is 4.79 Å². The fraction of sp³-hybridized carbons (Fsp3) is 0.516. The molecule has 41 heavy (non-hydrogen) atoms. The van der Waals surface area contributed by atoms with Crippen LogP contribution < -0.4 is 15.1 Å². The van der Waals surface area contributed by atoms with Crippen LogP contribution in [0.3, 0.4) is 0 Å². The van der Waals surface area contributed by atoms with Crippen LogP contribution in [-0.2, 0) is 9.47 Å². The molecule has 0 unspecified atom stereocenters. The Morgan fingerprint density at radius 3 is 1.32 bits per heavy atom. The van der Waals surface area contributed by atoms with E-state index in [0.29, 0.717) is 63.6 Å². The van der Waals surface area contributed by atoms with E-state index < -0.39 is 11.2 Å². The molecule has 0 aromatic heterocycles. The largest absolute Gasteiger partial charge is 0.444 e. The Morgan fingerprint density at radius 1 is 0.585 bits per heavy atom. The van der Waals surface area contributed by atoms with Gasteiger partial charge in [0.1, 0.15) is 11.2 Å². The average molecular weight is 566 g/mol. The highest BCUT2D eigenvalue weighted by Gasteiger charge is 2.27. The number of benzene rings is 2. The van der Waals surface area contributed by atoms with E-state index in [4.69, 9.17) is 9.47 Å². The number of rotatable bonds is 4. The third-order valence-corrected chi connectivity index (χ3v) is 6.85. The van der Waals surface area contributed by atoms with Crippen molar-refractivity contribution in [1.29, 1.82) is 0 Å². The van der Waals surface area contributed by atoms with Gasteiger partial charge in [0.15, 0.2) is 0 Å². The number of anilines is 3. The smallest absolute Gasteiger partial charge is 0.410 e. The van der Waals surface area contributed by atoms with Crippen molar-refractivity contribution in [1.82, 2.24) is 9.80 Å². The molecule has 222 valence electrons. The number of hydrogen-bond acceptors (Lipinski definition) is 7. The molecule has 10 heteroatoms. The van der Waals surface area contributed by atoms with Crippen molar-refractivity contribution < 1.29 is 23.9 Å². The second-order valence-electron chi connectivity index (χ2n) is 12.5. The number of nitrogens with zero attached hydrogens (tertiary/aromatic N) is 4. The summed E-state index contributed by atoms with van der Waals surface area (Å²) in [5, 5.41) is 2.97. The Bertz CT molecular complexity index is 1200. The highest BCUT2D eigenvalue weighted by atomic mass is 16.6. The minimum absolute atomic E-state index is 0.176. The van der Waals surface area contributed by atoms with E-state index in [-0.39, 0.29) is 18.1 Å². The van der Waals surface area contributed by atoms with Crippen LogP contribution in [0.2, 0.25) is 0 Å². The van der Waals surface area contributed by atoms with E-state index in [2.05, 4.69) is 15.1 Å². The first-order valence-corrected chi connectivity index (χ1v) is 14.2. The minimum atomic E-state index is -0.507. The van der Waals surface area contributed by atoms with Gasteiger partial charge in [0.2, 0.25) is 0 Å². The van der Waals surface area contributed by atoms with E-state index in [0.717, 1.165) is 11.4 Å². The van der Waals surface area contributed by atoms with Gasteiger partial charge >= 0.3 is 12.2 Å². The molecule has 2 aliphatic rings. The Hall–Kier alpha value is -3.95. The van der Waals surface area contributed by atoms with Crippen molar-refractivity contribution in [2.75, 3.05) is 67.5 Å². The molecule has 4 rings (SSSR count). The van der Waals surface area contributed by atoms with Crippen LogP contribution >= 0.6 is 0 Å². The van der Waals surface area contributed by atoms with Gasteiger partial charge in [-0.2, -0.15) is 0 Å². The van der Waals surface area contributed by atoms with Crippen LogP contribution in [0, 0.1) is 0 Å². The quantitative estimate of drug-likeness (QED) is 0.554. The van der Waals surface area contributed by atoms with Crippen LogP contribution in [0.15, 0.2) is 48.5 Å². The number of nitrogens with one attached hydrogen (secondary N) is 1. The first-order chi connectivity index (χ1) is 19.3. The Labute approximate surface area is 243 Å². The molecule has 10 nitrogen and oxygen atoms in total. The van der Waals surface area contributed by atoms with Gasteiger partial charge in [0.05, 0.1) is 0 Å². The Kier molecular flexibility index (Phi) is 8.99. The first kappa shape index (κ1) is 30.0. The summed E-state index contributed by atoms with van der Waals surface area (Å²) in [6.07, 6.45) is -0.554. The number of ether oxygens (including phenoxy) is 2. The van der Waals surface area contributed by atoms with E-state index in [1.165, 1.54) is 0 Å². The molecule has 2 aromatic rings. The maximum Gasteiger partial charge on any atom is 0.410 e. The summed E-state index contributed by atoms with van der Waals surface area (Å²) in [5.41, 5.74) is 2.34. The maximum absolute atomic E-state index is 12.9. The lowest BCUT2D eigenvalue weighted by Crippen LogP contribution is -2.50. The molecule has 2 saturated heterocycles. The summed E-state index contributed by atoms with van der Waals surface area (Å²) < 4.78 is 11.0. The molecule has 2 fully saturated rings. The third-order valence-electron chi connectivity index (χ3n) is 6.85. The second-order valence-corrected chi connectivity index (χ2v) is 12.5. The van der Waals surface area contributed by atoms with Crippen LogP contribution in [0.1, 0.15) is 51.9 Å². The average Bonchev–Trinajstić information content (AvgIpc) is 2.92. The summed E-state index contributed by atoms with van der Waals surface area (Å²) in [7, 11) is 0. The zero-order valence-electron chi connectivity index (χ0n) is 25.1. The molecule has 2 aliphatic heterocycles. The number of piperazine rings is 2. The zero-order valence-corrected chi connectivity index (χ0v) is 25.1. The number of hydrogen-bond donors (Lipinski definition) is 1. The normalized spacial score (nSPS) is 16.3. The van der Waals surface area contributed by atoms with Crippen LogP contribution in [-0.4, -0.2) is 91.5 Å². The van der Waals surface area contributed by atoms with Crippen molar-refractivity contribution in [2.24, 2.45) is 0 Å². The third kappa shape index (κ3) is 8.52. The van der Waals surface area contributed by atoms with Crippen LogP contribution in [0.4, 0.5) is 26.7 Å². The molecular weight excluding hydrogens is 522 g/mol. The lowest BCUT2D eigenvalue weighted by atomic mass is 10.1. The summed E-state index contributed by atoms with van der Waals surface area (Å²) in [6.45, 7) is 16.4. The summed E-state index contributed by atoms with van der Waals surface area (Å²) in [5.74, 6) is -0.176. The number of amides is 3. The Balaban J connectivity index is 1.24. The van der Waals surface area contributed by atoms with Crippen molar-refractivity contribution >= 4 is 35.2 Å². The Morgan fingerprint density at radius 2 is 0.951 bits per heavy atom. The molecule has 0 spiro atoms. The fourth-order valence-corrected chi connectivity index (χ4v) is 4.73. The van der Waals surface area contributed by atoms with E-state index in [9.17, 15) is 14.4 Å². The molecule has 2 heterocycles. The molecular formula is C31H43N5O5. The number of carbonyl (C=O) groups excluding carboxylic acids is 3. The fourth-order valence-electron chi connectivity index (χ4n) is 4.73. The molecule has 0 aliphatic carbocycles. The monoisotopic (exact) mass is 565 g/mol. The predicted octanol–water partition coefficient (Wildman–Crippen LogP) is 5.05. The van der Waals surface area contributed by atoms with Gasteiger partial charge in [0, 0.05) is 75.0 Å². The van der Waals surface area contributed by atoms with Gasteiger partial charge in [0.25, 0.3) is 5.91 Å². The van der Waals surface area contributed by atoms with Crippen molar-refractivity contribution in [3.63, 3.8) is 0 Å². The number of carbonyl (C=O) groups is 3. The van der Waals surface area contributed by atoms with E-state index in [1.54, 1.807) is 9.80 Å². The lowest BCUT2D eigenvalue weighted by molar-refractivity contribution is 0.0230. The van der Waals surface area contributed by atoms with Crippen molar-refractivity contribution in [3.8, 4) is 0 Å². The van der Waals surface area contributed by atoms with Gasteiger partial charge in [-0.15, -0.1) is 0 Å². The highest BCUT2D eigenvalue weighted by molar-refractivity contribution is 6.04. The second kappa shape index (κ2) is 12.3. The van der Waals surface area contributed by atoms with E-state index in [1.807, 2.05) is 90.1 Å². The summed E-state index contributed by atoms with van der Waals surface area (Å²) in [6, 6.07) is 15.3. The standard InChI is InChI=1S/C31H43N5O5/c1-30(2,3)40-28(38)35-19-15-33(16-20-35)25-11-7-23(8-12-25)27(37)32-24-9-13-26(14-10-24)34-17-21-36(22-18-34)29(39)41-31(4,5)6/h7-14H,15-22H2,1-6H3,(H,32,37). The topological polar surface area (TPSA) is 94.7 Å². The van der Waals surface area contributed by atoms with Crippen LogP contribution in [0.5, 0.6) is 0 Å². The summed E-state index contributed by atoms with van der Waals surface area (Å²) >= 11 is 0. The first-order valence-electron chi connectivity index (χ1n) is 14.2. The molecule has 2 aromatic carbocycles. The molecule has 3 amide bonds. The van der Waals surface area contributed by atoms with Crippen molar-refractivity contribution in [3.05, 3.63) is 54.1 Å². The van der Waals surface area contributed by atoms with Crippen LogP contribution in [0.25, 0.3) is 0 Å². The minimum Gasteiger partial charge on any atom is -0.444 e. The lowest BCUT2D eigenvalue weighted by Gasteiger charge is -2.36. The SMILES string of the molecule is CC(C)(C)OC(=O)N1CCN(c2ccc(NC(=O)c3ccc(N4CCN(C(=O)OC(C)(C)C)CC4)cc3)cc2)CC1. The molecule has 0 bridgehead atoms. The zero-order chi connectivity index (χ0) is 29.8.